The van der Waals surface area contributed by atoms with Crippen molar-refractivity contribution in [3.8, 4) is 0 Å². The zero-order chi connectivity index (χ0) is 13.1. The first-order chi connectivity index (χ1) is 7.86. The molecular formula is C8H18N4O4S. The van der Waals surface area contributed by atoms with Crippen molar-refractivity contribution in [3.05, 3.63) is 0 Å². The summed E-state index contributed by atoms with van der Waals surface area (Å²) >= 11 is 0. The maximum Gasteiger partial charge on any atom is 0.277 e. The van der Waals surface area contributed by atoms with Gasteiger partial charge in [-0.05, 0) is 0 Å². The Kier molecular flexibility index (Phi) is 4.83. The van der Waals surface area contributed by atoms with Gasteiger partial charge in [0.1, 0.15) is 6.04 Å². The average molecular weight is 266 g/mol. The molecular weight excluding hydrogens is 248 g/mol. The van der Waals surface area contributed by atoms with Crippen LogP contribution in [0.2, 0.25) is 0 Å². The third-order valence-corrected chi connectivity index (χ3v) is 3.66. The van der Waals surface area contributed by atoms with Crippen molar-refractivity contribution in [3.63, 3.8) is 0 Å². The number of amides is 1. The van der Waals surface area contributed by atoms with Gasteiger partial charge in [0.15, 0.2) is 0 Å². The molecule has 0 aromatic rings. The van der Waals surface area contributed by atoms with Gasteiger partial charge in [-0.15, -0.1) is 0 Å². The molecule has 100 valence electrons. The first-order valence-electron chi connectivity index (χ1n) is 5.17. The number of methoxy groups -OCH3 is 1. The topological polar surface area (TPSA) is 119 Å². The average Bonchev–Trinajstić information content (AvgIpc) is 2.27. The van der Waals surface area contributed by atoms with Crippen molar-refractivity contribution in [1.82, 2.24) is 9.21 Å². The highest BCUT2D eigenvalue weighted by Crippen LogP contribution is 2.05. The predicted octanol–water partition coefficient (Wildman–Crippen LogP) is -2.69. The van der Waals surface area contributed by atoms with Gasteiger partial charge in [-0.1, -0.05) is 0 Å². The van der Waals surface area contributed by atoms with E-state index in [4.69, 9.17) is 15.6 Å². The maximum absolute atomic E-state index is 11.8. The highest BCUT2D eigenvalue weighted by Gasteiger charge is 2.28. The fourth-order valence-electron chi connectivity index (χ4n) is 1.65. The number of hydrogen-bond acceptors (Lipinski definition) is 5. The summed E-state index contributed by atoms with van der Waals surface area (Å²) in [5.41, 5.74) is 5.61. The fourth-order valence-corrected chi connectivity index (χ4v) is 2.32. The van der Waals surface area contributed by atoms with Crippen molar-refractivity contribution < 1.29 is 17.9 Å². The molecule has 0 spiro atoms. The van der Waals surface area contributed by atoms with E-state index in [0.29, 0.717) is 13.1 Å². The molecule has 17 heavy (non-hydrogen) atoms. The largest absolute Gasteiger partial charge is 0.383 e. The lowest BCUT2D eigenvalue weighted by atomic mass is 10.2. The van der Waals surface area contributed by atoms with Gasteiger partial charge in [-0.2, -0.15) is 12.7 Å². The molecule has 0 aromatic carbocycles. The number of nitrogens with zero attached hydrogens (tertiary/aromatic N) is 2. The van der Waals surface area contributed by atoms with E-state index in [0.717, 1.165) is 4.31 Å². The number of rotatable bonds is 4. The third kappa shape index (κ3) is 3.89. The van der Waals surface area contributed by atoms with E-state index in [2.05, 4.69) is 0 Å². The van der Waals surface area contributed by atoms with Gasteiger partial charge in [0.25, 0.3) is 10.2 Å². The summed E-state index contributed by atoms with van der Waals surface area (Å²) in [7, 11) is -2.20. The molecule has 1 saturated heterocycles. The molecule has 1 amide bonds. The summed E-state index contributed by atoms with van der Waals surface area (Å²) in [6, 6.07) is -0.707. The van der Waals surface area contributed by atoms with Crippen LogP contribution in [0.3, 0.4) is 0 Å². The van der Waals surface area contributed by atoms with Crippen molar-refractivity contribution in [2.75, 3.05) is 39.9 Å². The number of ether oxygens (including phenoxy) is 1. The predicted molar refractivity (Wildman–Crippen MR) is 61.1 cm³/mol. The molecule has 0 aliphatic carbocycles. The third-order valence-electron chi connectivity index (χ3n) is 2.57. The van der Waals surface area contributed by atoms with Gasteiger partial charge in [0.05, 0.1) is 6.61 Å². The van der Waals surface area contributed by atoms with Crippen LogP contribution in [0.15, 0.2) is 0 Å². The van der Waals surface area contributed by atoms with E-state index in [1.54, 1.807) is 0 Å². The van der Waals surface area contributed by atoms with E-state index < -0.39 is 16.3 Å². The Bertz CT molecular complexity index is 364. The Morgan fingerprint density at radius 2 is 1.88 bits per heavy atom. The Balaban J connectivity index is 2.49. The van der Waals surface area contributed by atoms with E-state index in [9.17, 15) is 13.2 Å². The zero-order valence-corrected chi connectivity index (χ0v) is 10.5. The van der Waals surface area contributed by atoms with Crippen LogP contribution in [0.25, 0.3) is 0 Å². The maximum atomic E-state index is 11.8. The molecule has 1 atom stereocenters. The molecule has 8 nitrogen and oxygen atoms in total. The van der Waals surface area contributed by atoms with E-state index in [1.165, 1.54) is 12.0 Å². The van der Waals surface area contributed by atoms with Gasteiger partial charge in [0, 0.05) is 33.3 Å². The van der Waals surface area contributed by atoms with Gasteiger partial charge < -0.3 is 15.4 Å². The molecule has 1 unspecified atom stereocenters. The van der Waals surface area contributed by atoms with E-state index in [1.807, 2.05) is 0 Å². The van der Waals surface area contributed by atoms with Crippen LogP contribution >= 0.6 is 0 Å². The van der Waals surface area contributed by atoms with Crippen molar-refractivity contribution in [2.45, 2.75) is 6.04 Å². The van der Waals surface area contributed by atoms with Gasteiger partial charge >= 0.3 is 0 Å². The van der Waals surface area contributed by atoms with Crippen molar-refractivity contribution in [2.24, 2.45) is 10.9 Å². The first-order valence-corrected chi connectivity index (χ1v) is 6.67. The Labute approximate surface area is 101 Å². The molecule has 9 heteroatoms. The van der Waals surface area contributed by atoms with E-state index in [-0.39, 0.29) is 25.6 Å². The Morgan fingerprint density at radius 3 is 2.29 bits per heavy atom. The minimum absolute atomic E-state index is 0.147. The van der Waals surface area contributed by atoms with Crippen LogP contribution in [-0.2, 0) is 19.7 Å². The molecule has 0 bridgehead atoms. The summed E-state index contributed by atoms with van der Waals surface area (Å²) in [4.78, 5) is 13.3. The van der Waals surface area contributed by atoms with Crippen LogP contribution < -0.4 is 10.9 Å². The van der Waals surface area contributed by atoms with Crippen molar-refractivity contribution >= 4 is 16.1 Å². The summed E-state index contributed by atoms with van der Waals surface area (Å²) in [6.45, 7) is 1.14. The summed E-state index contributed by atoms with van der Waals surface area (Å²) < 4.78 is 28.0. The van der Waals surface area contributed by atoms with Crippen molar-refractivity contribution in [1.29, 1.82) is 0 Å². The number of carbonyl (C=O) groups excluding carboxylic acids is 1. The lowest BCUT2D eigenvalue weighted by Crippen LogP contribution is -2.56. The van der Waals surface area contributed by atoms with Gasteiger partial charge in [-0.25, -0.2) is 5.14 Å². The van der Waals surface area contributed by atoms with Gasteiger partial charge in [0.2, 0.25) is 5.91 Å². The smallest absolute Gasteiger partial charge is 0.277 e. The standard InChI is InChI=1S/C8H18N4O4S/c1-16-6-7(9)8(13)11-2-4-12(5-3-11)17(10,14)15/h7H,2-6,9H2,1H3,(H2,10,14,15). The lowest BCUT2D eigenvalue weighted by Gasteiger charge is -2.34. The second kappa shape index (κ2) is 5.74. The molecule has 1 aliphatic heterocycles. The Hall–Kier alpha value is -0.740. The van der Waals surface area contributed by atoms with E-state index >= 15 is 0 Å². The molecule has 4 N–H and O–H groups in total. The minimum Gasteiger partial charge on any atom is -0.383 e. The zero-order valence-electron chi connectivity index (χ0n) is 9.70. The van der Waals surface area contributed by atoms with Crippen LogP contribution in [0.5, 0.6) is 0 Å². The second-order valence-electron chi connectivity index (χ2n) is 3.83. The molecule has 1 fully saturated rings. The second-order valence-corrected chi connectivity index (χ2v) is 5.38. The number of hydrogen-bond donors (Lipinski definition) is 2. The monoisotopic (exact) mass is 266 g/mol. The van der Waals surface area contributed by atoms with Gasteiger partial charge in [-0.3, -0.25) is 4.79 Å². The quantitative estimate of drug-likeness (QED) is 0.574. The molecule has 1 rings (SSSR count). The van der Waals surface area contributed by atoms with Crippen LogP contribution in [0.1, 0.15) is 0 Å². The molecule has 0 radical (unpaired) electrons. The SMILES string of the molecule is COCC(N)C(=O)N1CCN(S(N)(=O)=O)CC1. The highest BCUT2D eigenvalue weighted by atomic mass is 32.2. The Morgan fingerprint density at radius 1 is 1.35 bits per heavy atom. The summed E-state index contributed by atoms with van der Waals surface area (Å²) in [5, 5.41) is 4.99. The number of piperazine rings is 1. The highest BCUT2D eigenvalue weighted by molar-refractivity contribution is 7.86. The normalized spacial score (nSPS) is 20.3. The first kappa shape index (κ1) is 14.3. The van der Waals surface area contributed by atoms with Crippen LogP contribution in [-0.4, -0.2) is 69.5 Å². The molecule has 0 aromatic heterocycles. The molecule has 1 heterocycles. The minimum atomic E-state index is -3.67. The summed E-state index contributed by atoms with van der Waals surface area (Å²) in [6.07, 6.45) is 0. The number of carbonyl (C=O) groups is 1. The lowest BCUT2D eigenvalue weighted by molar-refractivity contribution is -0.134. The number of nitrogens with two attached hydrogens (primary N) is 2. The molecule has 1 aliphatic rings. The van der Waals surface area contributed by atoms with Crippen LogP contribution in [0.4, 0.5) is 0 Å². The summed E-state index contributed by atoms with van der Waals surface area (Å²) in [5.74, 6) is -0.235. The molecule has 0 saturated carbocycles. The fraction of sp³-hybridized carbons (Fsp3) is 0.875. The van der Waals surface area contributed by atoms with Crippen LogP contribution in [0, 0.1) is 0 Å².